The van der Waals surface area contributed by atoms with Crippen LogP contribution in [0.2, 0.25) is 0 Å². The number of carbonyl (C=O) groups is 1. The average Bonchev–Trinajstić information content (AvgIpc) is 3.20. The van der Waals surface area contributed by atoms with E-state index in [4.69, 9.17) is 4.42 Å². The summed E-state index contributed by atoms with van der Waals surface area (Å²) in [5.74, 6) is 1.06. The van der Waals surface area contributed by atoms with E-state index in [1.807, 2.05) is 30.3 Å². The van der Waals surface area contributed by atoms with E-state index in [-0.39, 0.29) is 5.91 Å². The molecule has 1 aromatic heterocycles. The van der Waals surface area contributed by atoms with Crippen molar-refractivity contribution in [3.05, 3.63) is 36.2 Å². The minimum atomic E-state index is 0.0513. The molecule has 0 aliphatic rings. The normalized spacial score (nSPS) is 10.9. The van der Waals surface area contributed by atoms with Crippen LogP contribution < -0.4 is 5.32 Å². The molecule has 0 bridgehead atoms. The summed E-state index contributed by atoms with van der Waals surface area (Å²) in [5.41, 5.74) is 0.895. The standard InChI is InChI=1S/C23H35N3O2/c1-2-3-4-5-6-7-8-9-10-14-19-24-21(27)17-18-22-25-26-23(28-22)20-15-12-11-13-16-20/h11-13,15-16H,2-10,14,17-19H2,1H3,(H,24,27). The number of nitrogens with zero attached hydrogens (tertiary/aromatic N) is 2. The molecule has 2 rings (SSSR count). The van der Waals surface area contributed by atoms with Gasteiger partial charge in [-0.05, 0) is 18.6 Å². The van der Waals surface area contributed by atoms with Gasteiger partial charge in [-0.3, -0.25) is 4.79 Å². The maximum absolute atomic E-state index is 12.0. The number of aromatic nitrogens is 2. The van der Waals surface area contributed by atoms with Gasteiger partial charge in [0, 0.05) is 24.9 Å². The summed E-state index contributed by atoms with van der Waals surface area (Å²) >= 11 is 0. The third-order valence-electron chi connectivity index (χ3n) is 4.91. The molecule has 0 aliphatic heterocycles. The second-order valence-electron chi connectivity index (χ2n) is 7.40. The molecule has 2 aromatic rings. The molecule has 1 aromatic carbocycles. The van der Waals surface area contributed by atoms with Crippen molar-refractivity contribution in [2.45, 2.75) is 84.0 Å². The van der Waals surface area contributed by atoms with Gasteiger partial charge in [0.2, 0.25) is 17.7 Å². The summed E-state index contributed by atoms with van der Waals surface area (Å²) in [6.45, 7) is 3.01. The molecule has 154 valence electrons. The first-order chi connectivity index (χ1) is 13.8. The van der Waals surface area contributed by atoms with Crippen LogP contribution in [0.5, 0.6) is 0 Å². The number of amides is 1. The molecule has 0 aliphatic carbocycles. The van der Waals surface area contributed by atoms with E-state index >= 15 is 0 Å². The van der Waals surface area contributed by atoms with Gasteiger partial charge in [-0.15, -0.1) is 10.2 Å². The summed E-state index contributed by atoms with van der Waals surface area (Å²) < 4.78 is 5.63. The van der Waals surface area contributed by atoms with Gasteiger partial charge in [0.25, 0.3) is 0 Å². The van der Waals surface area contributed by atoms with E-state index in [2.05, 4.69) is 22.4 Å². The van der Waals surface area contributed by atoms with E-state index in [1.54, 1.807) is 0 Å². The zero-order valence-electron chi connectivity index (χ0n) is 17.3. The molecule has 0 atom stereocenters. The highest BCUT2D eigenvalue weighted by atomic mass is 16.4. The lowest BCUT2D eigenvalue weighted by molar-refractivity contribution is -0.121. The molecule has 1 N–H and O–H groups in total. The highest BCUT2D eigenvalue weighted by Crippen LogP contribution is 2.17. The van der Waals surface area contributed by atoms with Crippen LogP contribution in [0.3, 0.4) is 0 Å². The van der Waals surface area contributed by atoms with Crippen molar-refractivity contribution < 1.29 is 9.21 Å². The number of unbranched alkanes of at least 4 members (excludes halogenated alkanes) is 9. The highest BCUT2D eigenvalue weighted by molar-refractivity contribution is 5.75. The SMILES string of the molecule is CCCCCCCCCCCCNC(=O)CCc1nnc(-c2ccccc2)o1. The van der Waals surface area contributed by atoms with Gasteiger partial charge in [-0.2, -0.15) is 0 Å². The Labute approximate surface area is 169 Å². The van der Waals surface area contributed by atoms with E-state index < -0.39 is 0 Å². The quantitative estimate of drug-likeness (QED) is 0.399. The molecular weight excluding hydrogens is 350 g/mol. The van der Waals surface area contributed by atoms with Crippen molar-refractivity contribution in [2.75, 3.05) is 6.54 Å². The smallest absolute Gasteiger partial charge is 0.247 e. The molecule has 0 unspecified atom stereocenters. The molecule has 1 amide bonds. The molecule has 28 heavy (non-hydrogen) atoms. The number of carbonyl (C=O) groups excluding carboxylic acids is 1. The molecule has 0 saturated carbocycles. The van der Waals surface area contributed by atoms with Gasteiger partial charge in [-0.25, -0.2) is 0 Å². The number of hydrogen-bond donors (Lipinski definition) is 1. The van der Waals surface area contributed by atoms with Crippen LogP contribution in [-0.2, 0) is 11.2 Å². The maximum Gasteiger partial charge on any atom is 0.247 e. The zero-order valence-corrected chi connectivity index (χ0v) is 17.3. The van der Waals surface area contributed by atoms with Crippen molar-refractivity contribution in [2.24, 2.45) is 0 Å². The topological polar surface area (TPSA) is 68.0 Å². The van der Waals surface area contributed by atoms with E-state index in [1.165, 1.54) is 57.8 Å². The van der Waals surface area contributed by atoms with Crippen LogP contribution in [0.25, 0.3) is 11.5 Å². The fourth-order valence-corrected chi connectivity index (χ4v) is 3.20. The Kier molecular flexibility index (Phi) is 11.0. The van der Waals surface area contributed by atoms with Gasteiger partial charge in [0.05, 0.1) is 0 Å². The predicted octanol–water partition coefficient (Wildman–Crippen LogP) is 5.71. The minimum Gasteiger partial charge on any atom is -0.421 e. The summed E-state index contributed by atoms with van der Waals surface area (Å²) in [6, 6.07) is 9.66. The Bertz CT molecular complexity index is 655. The lowest BCUT2D eigenvalue weighted by Crippen LogP contribution is -2.24. The predicted molar refractivity (Wildman–Crippen MR) is 113 cm³/mol. The van der Waals surface area contributed by atoms with Gasteiger partial charge in [0.15, 0.2) is 0 Å². The lowest BCUT2D eigenvalue weighted by atomic mass is 10.1. The summed E-state index contributed by atoms with van der Waals surface area (Å²) in [7, 11) is 0. The van der Waals surface area contributed by atoms with Crippen molar-refractivity contribution in [1.29, 1.82) is 0 Å². The molecule has 0 spiro atoms. The fraction of sp³-hybridized carbons (Fsp3) is 0.609. The number of nitrogens with one attached hydrogen (secondary N) is 1. The minimum absolute atomic E-state index is 0.0513. The Hall–Kier alpha value is -2.17. The molecule has 5 heteroatoms. The van der Waals surface area contributed by atoms with E-state index in [0.717, 1.165) is 18.5 Å². The summed E-state index contributed by atoms with van der Waals surface area (Å²) in [6.07, 6.45) is 13.9. The van der Waals surface area contributed by atoms with E-state index in [9.17, 15) is 4.79 Å². The van der Waals surface area contributed by atoms with Gasteiger partial charge >= 0.3 is 0 Å². The number of hydrogen-bond acceptors (Lipinski definition) is 4. The fourth-order valence-electron chi connectivity index (χ4n) is 3.20. The van der Waals surface area contributed by atoms with Crippen LogP contribution in [0.4, 0.5) is 0 Å². The first kappa shape index (κ1) is 22.1. The monoisotopic (exact) mass is 385 g/mol. The largest absolute Gasteiger partial charge is 0.421 e. The zero-order chi connectivity index (χ0) is 19.9. The Morgan fingerprint density at radius 3 is 2.21 bits per heavy atom. The van der Waals surface area contributed by atoms with Crippen molar-refractivity contribution >= 4 is 5.91 Å². The molecule has 0 radical (unpaired) electrons. The van der Waals surface area contributed by atoms with Crippen LogP contribution in [0, 0.1) is 0 Å². The van der Waals surface area contributed by atoms with Crippen LogP contribution >= 0.6 is 0 Å². The number of benzene rings is 1. The lowest BCUT2D eigenvalue weighted by Gasteiger charge is -2.05. The number of aryl methyl sites for hydroxylation is 1. The Balaban J connectivity index is 1.47. The van der Waals surface area contributed by atoms with Gasteiger partial charge < -0.3 is 9.73 Å². The maximum atomic E-state index is 12.0. The van der Waals surface area contributed by atoms with Crippen molar-refractivity contribution in [1.82, 2.24) is 15.5 Å². The first-order valence-electron chi connectivity index (χ1n) is 10.9. The van der Waals surface area contributed by atoms with Crippen molar-refractivity contribution in [3.63, 3.8) is 0 Å². The molecule has 0 saturated heterocycles. The van der Waals surface area contributed by atoms with Crippen LogP contribution in [0.1, 0.15) is 83.4 Å². The summed E-state index contributed by atoms with van der Waals surface area (Å²) in [4.78, 5) is 12.0. The second-order valence-corrected chi connectivity index (χ2v) is 7.40. The Morgan fingerprint density at radius 2 is 1.54 bits per heavy atom. The third kappa shape index (κ3) is 9.16. The molecule has 1 heterocycles. The molecular formula is C23H35N3O2. The van der Waals surface area contributed by atoms with Gasteiger partial charge in [-0.1, -0.05) is 82.9 Å². The van der Waals surface area contributed by atoms with Crippen molar-refractivity contribution in [3.8, 4) is 11.5 Å². The Morgan fingerprint density at radius 1 is 0.893 bits per heavy atom. The number of rotatable bonds is 15. The van der Waals surface area contributed by atoms with E-state index in [0.29, 0.717) is 24.6 Å². The first-order valence-corrected chi connectivity index (χ1v) is 10.9. The van der Waals surface area contributed by atoms with Gasteiger partial charge in [0.1, 0.15) is 0 Å². The average molecular weight is 386 g/mol. The molecule has 0 fully saturated rings. The van der Waals surface area contributed by atoms with Crippen LogP contribution in [0.15, 0.2) is 34.7 Å². The van der Waals surface area contributed by atoms with Crippen LogP contribution in [-0.4, -0.2) is 22.6 Å². The second kappa shape index (κ2) is 13.9. The third-order valence-corrected chi connectivity index (χ3v) is 4.91. The highest BCUT2D eigenvalue weighted by Gasteiger charge is 2.10. The summed E-state index contributed by atoms with van der Waals surface area (Å²) in [5, 5.41) is 11.1. The molecule has 5 nitrogen and oxygen atoms in total.